The van der Waals surface area contributed by atoms with Crippen molar-refractivity contribution >= 4 is 5.91 Å². The van der Waals surface area contributed by atoms with Crippen molar-refractivity contribution in [3.63, 3.8) is 0 Å². The van der Waals surface area contributed by atoms with Crippen molar-refractivity contribution in [2.45, 2.75) is 18.6 Å². The summed E-state index contributed by atoms with van der Waals surface area (Å²) in [5.74, 6) is -0.238. The van der Waals surface area contributed by atoms with Gasteiger partial charge in [0.15, 0.2) is 0 Å². The van der Waals surface area contributed by atoms with Gasteiger partial charge in [0, 0.05) is 6.54 Å². The molecule has 2 atom stereocenters. The highest BCUT2D eigenvalue weighted by Crippen LogP contribution is 2.10. The van der Waals surface area contributed by atoms with Crippen molar-refractivity contribution < 1.29 is 20.1 Å². The van der Waals surface area contributed by atoms with E-state index in [-0.39, 0.29) is 12.3 Å². The van der Waals surface area contributed by atoms with Crippen LogP contribution in [-0.2, 0) is 11.2 Å². The Balaban J connectivity index is 2.42. The Morgan fingerprint density at radius 2 is 1.94 bits per heavy atom. The summed E-state index contributed by atoms with van der Waals surface area (Å²) >= 11 is 0. The molecule has 0 spiro atoms. The smallest absolute Gasteiger partial charge is 0.237 e. The van der Waals surface area contributed by atoms with Gasteiger partial charge in [-0.2, -0.15) is 0 Å². The molecule has 0 saturated heterocycles. The predicted octanol–water partition coefficient (Wildman–Crippen LogP) is -1.27. The number of rotatable bonds is 6. The number of nitrogens with two attached hydrogens (primary N) is 1. The molecule has 0 aromatic heterocycles. The summed E-state index contributed by atoms with van der Waals surface area (Å²) in [5.41, 5.74) is 6.53. The maximum Gasteiger partial charge on any atom is 0.237 e. The van der Waals surface area contributed by atoms with Crippen molar-refractivity contribution in [2.24, 2.45) is 5.73 Å². The van der Waals surface area contributed by atoms with Gasteiger partial charge in [0.25, 0.3) is 0 Å². The van der Waals surface area contributed by atoms with Gasteiger partial charge in [-0.05, 0) is 24.1 Å². The molecular weight excluding hydrogens is 236 g/mol. The molecule has 6 N–H and O–H groups in total. The zero-order valence-electron chi connectivity index (χ0n) is 9.91. The lowest BCUT2D eigenvalue weighted by atomic mass is 10.1. The molecule has 1 amide bonds. The van der Waals surface area contributed by atoms with Gasteiger partial charge in [0.2, 0.25) is 5.91 Å². The summed E-state index contributed by atoms with van der Waals surface area (Å²) < 4.78 is 0. The Hall–Kier alpha value is -1.63. The Morgan fingerprint density at radius 3 is 2.50 bits per heavy atom. The van der Waals surface area contributed by atoms with Crippen LogP contribution in [0.4, 0.5) is 0 Å². The molecule has 0 saturated carbocycles. The van der Waals surface area contributed by atoms with Crippen LogP contribution in [0.25, 0.3) is 0 Å². The number of phenolic OH excluding ortho intramolecular Hbond substituents is 1. The molecule has 1 aromatic rings. The first-order chi connectivity index (χ1) is 8.52. The number of aliphatic hydroxyl groups is 2. The molecule has 100 valence electrons. The minimum atomic E-state index is -0.977. The number of phenols is 1. The lowest BCUT2D eigenvalue weighted by Crippen LogP contribution is -2.45. The van der Waals surface area contributed by atoms with E-state index < -0.39 is 24.7 Å². The standard InChI is InChI=1S/C12H18N2O4/c13-11(12(18)14-6-10(17)7-15)5-8-1-3-9(16)4-2-8/h1-4,10-11,15-17H,5-7,13H2,(H,14,18)/t10?,11-/m1/s1. The lowest BCUT2D eigenvalue weighted by Gasteiger charge is -2.14. The molecule has 0 radical (unpaired) electrons. The highest BCUT2D eigenvalue weighted by molar-refractivity contribution is 5.81. The normalized spacial score (nSPS) is 13.9. The van der Waals surface area contributed by atoms with Crippen LogP contribution in [0.15, 0.2) is 24.3 Å². The quantitative estimate of drug-likeness (QED) is 0.434. The van der Waals surface area contributed by atoms with Crippen LogP contribution < -0.4 is 11.1 Å². The molecule has 0 bridgehead atoms. The average molecular weight is 254 g/mol. The van der Waals surface area contributed by atoms with E-state index in [9.17, 15) is 4.79 Å². The molecule has 0 aliphatic rings. The number of carbonyl (C=O) groups excluding carboxylic acids is 1. The van der Waals surface area contributed by atoms with Gasteiger partial charge in [-0.3, -0.25) is 4.79 Å². The zero-order valence-corrected chi connectivity index (χ0v) is 9.91. The monoisotopic (exact) mass is 254 g/mol. The van der Waals surface area contributed by atoms with Crippen LogP contribution in [0.1, 0.15) is 5.56 Å². The minimum Gasteiger partial charge on any atom is -0.508 e. The largest absolute Gasteiger partial charge is 0.508 e. The summed E-state index contributed by atoms with van der Waals surface area (Å²) in [5, 5.41) is 29.2. The van der Waals surface area contributed by atoms with Crippen LogP contribution in [0.5, 0.6) is 5.75 Å². The predicted molar refractivity (Wildman–Crippen MR) is 65.9 cm³/mol. The van der Waals surface area contributed by atoms with E-state index in [4.69, 9.17) is 21.1 Å². The molecule has 0 fully saturated rings. The number of hydrogen-bond acceptors (Lipinski definition) is 5. The lowest BCUT2D eigenvalue weighted by molar-refractivity contribution is -0.122. The van der Waals surface area contributed by atoms with Gasteiger partial charge in [-0.1, -0.05) is 12.1 Å². The molecule has 1 unspecified atom stereocenters. The first kappa shape index (κ1) is 14.4. The Kier molecular flexibility index (Phi) is 5.57. The fraction of sp³-hybridized carbons (Fsp3) is 0.417. The fourth-order valence-electron chi connectivity index (χ4n) is 1.39. The van der Waals surface area contributed by atoms with Gasteiger partial charge in [-0.25, -0.2) is 0 Å². The van der Waals surface area contributed by atoms with Crippen LogP contribution >= 0.6 is 0 Å². The molecule has 1 aromatic carbocycles. The molecule has 0 aliphatic heterocycles. The summed E-state index contributed by atoms with van der Waals surface area (Å²) in [6, 6.07) is 5.68. The van der Waals surface area contributed by atoms with E-state index in [0.29, 0.717) is 6.42 Å². The molecule has 0 heterocycles. The number of aromatic hydroxyl groups is 1. The second kappa shape index (κ2) is 6.95. The maximum absolute atomic E-state index is 11.6. The number of amides is 1. The fourth-order valence-corrected chi connectivity index (χ4v) is 1.39. The molecule has 1 rings (SSSR count). The Bertz CT molecular complexity index is 380. The van der Waals surface area contributed by atoms with E-state index in [0.717, 1.165) is 5.56 Å². The van der Waals surface area contributed by atoms with E-state index in [1.54, 1.807) is 12.1 Å². The van der Waals surface area contributed by atoms with Crippen molar-refractivity contribution in [3.05, 3.63) is 29.8 Å². The molecule has 6 nitrogen and oxygen atoms in total. The second-order valence-electron chi connectivity index (χ2n) is 4.06. The van der Waals surface area contributed by atoms with Crippen LogP contribution in [0, 0.1) is 0 Å². The first-order valence-electron chi connectivity index (χ1n) is 5.63. The average Bonchev–Trinajstić information content (AvgIpc) is 2.38. The third kappa shape index (κ3) is 4.70. The van der Waals surface area contributed by atoms with Crippen molar-refractivity contribution in [1.82, 2.24) is 5.32 Å². The third-order valence-corrected chi connectivity index (χ3v) is 2.45. The first-order valence-corrected chi connectivity index (χ1v) is 5.63. The van der Waals surface area contributed by atoms with Crippen LogP contribution in [0.2, 0.25) is 0 Å². The van der Waals surface area contributed by atoms with Crippen LogP contribution in [0.3, 0.4) is 0 Å². The SMILES string of the molecule is N[C@H](Cc1ccc(O)cc1)C(=O)NCC(O)CO. The summed E-state index contributed by atoms with van der Waals surface area (Å²) in [7, 11) is 0. The molecule has 0 aliphatic carbocycles. The summed E-state index contributed by atoms with van der Waals surface area (Å²) in [6.07, 6.45) is -0.642. The highest BCUT2D eigenvalue weighted by Gasteiger charge is 2.14. The Labute approximate surface area is 105 Å². The topological polar surface area (TPSA) is 116 Å². The van der Waals surface area contributed by atoms with Gasteiger partial charge in [-0.15, -0.1) is 0 Å². The third-order valence-electron chi connectivity index (χ3n) is 2.45. The minimum absolute atomic E-state index is 0.0292. The highest BCUT2D eigenvalue weighted by atomic mass is 16.3. The van der Waals surface area contributed by atoms with Gasteiger partial charge >= 0.3 is 0 Å². The van der Waals surface area contributed by atoms with E-state index in [2.05, 4.69) is 5.32 Å². The molecule has 18 heavy (non-hydrogen) atoms. The summed E-state index contributed by atoms with van der Waals surface area (Å²) in [6.45, 7) is -0.438. The number of carbonyl (C=O) groups is 1. The Morgan fingerprint density at radius 1 is 1.33 bits per heavy atom. The van der Waals surface area contributed by atoms with Crippen molar-refractivity contribution in [3.8, 4) is 5.75 Å². The van der Waals surface area contributed by atoms with Crippen LogP contribution in [-0.4, -0.2) is 46.5 Å². The number of hydrogen-bond donors (Lipinski definition) is 5. The van der Waals surface area contributed by atoms with Gasteiger partial charge in [0.05, 0.1) is 18.8 Å². The van der Waals surface area contributed by atoms with Gasteiger partial charge in [0.1, 0.15) is 5.75 Å². The number of benzene rings is 1. The number of nitrogens with one attached hydrogen (secondary N) is 1. The second-order valence-corrected chi connectivity index (χ2v) is 4.06. The number of aliphatic hydroxyl groups excluding tert-OH is 2. The van der Waals surface area contributed by atoms with Crippen molar-refractivity contribution in [2.75, 3.05) is 13.2 Å². The molecular formula is C12H18N2O4. The maximum atomic E-state index is 11.6. The van der Waals surface area contributed by atoms with E-state index in [1.165, 1.54) is 12.1 Å². The van der Waals surface area contributed by atoms with Gasteiger partial charge < -0.3 is 26.4 Å². The van der Waals surface area contributed by atoms with E-state index >= 15 is 0 Å². The molecule has 6 heteroatoms. The zero-order chi connectivity index (χ0) is 13.5. The van der Waals surface area contributed by atoms with Crippen molar-refractivity contribution in [1.29, 1.82) is 0 Å². The summed E-state index contributed by atoms with van der Waals surface area (Å²) in [4.78, 5) is 11.6. The van der Waals surface area contributed by atoms with E-state index in [1.807, 2.05) is 0 Å².